The van der Waals surface area contributed by atoms with Gasteiger partial charge in [0.15, 0.2) is 0 Å². The van der Waals surface area contributed by atoms with Crippen molar-refractivity contribution < 1.29 is 9.53 Å². The molecule has 0 radical (unpaired) electrons. The summed E-state index contributed by atoms with van der Waals surface area (Å²) in [6, 6.07) is 13.4. The van der Waals surface area contributed by atoms with Crippen LogP contribution >= 0.6 is 0 Å². The fraction of sp³-hybridized carbons (Fsp3) is 0.364. The van der Waals surface area contributed by atoms with Crippen LogP contribution in [0.25, 0.3) is 5.69 Å². The van der Waals surface area contributed by atoms with Gasteiger partial charge in [-0.1, -0.05) is 18.2 Å². The van der Waals surface area contributed by atoms with Gasteiger partial charge >= 0.3 is 0 Å². The summed E-state index contributed by atoms with van der Waals surface area (Å²) in [5.41, 5.74) is 1.35. The molecule has 0 saturated carbocycles. The molecule has 1 amide bonds. The molecule has 8 nitrogen and oxygen atoms in total. The molecule has 3 aromatic rings. The minimum atomic E-state index is 0.0420. The van der Waals surface area contributed by atoms with Crippen LogP contribution in [0, 0.1) is 11.8 Å². The van der Waals surface area contributed by atoms with Gasteiger partial charge in [0.1, 0.15) is 5.82 Å². The number of benzene rings is 1. The first-order valence-electron chi connectivity index (χ1n) is 10.3. The topological polar surface area (TPSA) is 76.4 Å². The van der Waals surface area contributed by atoms with E-state index in [9.17, 15) is 4.79 Å². The molecule has 2 aliphatic heterocycles. The maximum atomic E-state index is 13.3. The maximum absolute atomic E-state index is 13.3. The third kappa shape index (κ3) is 3.38. The molecule has 1 aromatic carbocycles. The van der Waals surface area contributed by atoms with Crippen LogP contribution in [0.2, 0.25) is 0 Å². The number of fused-ring (bicyclic) bond motifs is 1. The molecular weight excluding hydrogens is 380 g/mol. The van der Waals surface area contributed by atoms with E-state index in [2.05, 4.69) is 20.1 Å². The minimum Gasteiger partial charge on any atom is -0.478 e. The Morgan fingerprint density at radius 2 is 1.73 bits per heavy atom. The Kier molecular flexibility index (Phi) is 4.82. The van der Waals surface area contributed by atoms with Gasteiger partial charge in [-0.3, -0.25) is 4.79 Å². The molecule has 0 N–H and O–H groups in total. The lowest BCUT2D eigenvalue weighted by atomic mass is 10.0. The molecule has 2 atom stereocenters. The van der Waals surface area contributed by atoms with Crippen molar-refractivity contribution in [3.8, 4) is 11.6 Å². The molecule has 2 unspecified atom stereocenters. The first-order valence-corrected chi connectivity index (χ1v) is 10.3. The van der Waals surface area contributed by atoms with Gasteiger partial charge in [-0.2, -0.15) is 20.0 Å². The van der Waals surface area contributed by atoms with Crippen molar-refractivity contribution in [2.75, 3.05) is 37.7 Å². The van der Waals surface area contributed by atoms with Crippen LogP contribution in [0.5, 0.6) is 5.88 Å². The van der Waals surface area contributed by atoms with Gasteiger partial charge in [-0.15, -0.1) is 0 Å². The zero-order chi connectivity index (χ0) is 20.5. The largest absolute Gasteiger partial charge is 0.478 e. The number of ether oxygens (including phenoxy) is 1. The Morgan fingerprint density at radius 1 is 1.00 bits per heavy atom. The Balaban J connectivity index is 1.29. The van der Waals surface area contributed by atoms with Crippen LogP contribution < -0.4 is 9.64 Å². The second-order valence-electron chi connectivity index (χ2n) is 7.74. The Labute approximate surface area is 175 Å². The van der Waals surface area contributed by atoms with E-state index in [-0.39, 0.29) is 5.91 Å². The quantitative estimate of drug-likeness (QED) is 0.649. The summed E-state index contributed by atoms with van der Waals surface area (Å²) in [5.74, 6) is 2.54. The fourth-order valence-electron chi connectivity index (χ4n) is 4.49. The Hall–Kier alpha value is -3.42. The number of aromatic nitrogens is 4. The highest BCUT2D eigenvalue weighted by atomic mass is 16.5. The summed E-state index contributed by atoms with van der Waals surface area (Å²) in [5, 5.41) is 8.38. The number of amides is 1. The molecular formula is C22H24N6O2. The molecule has 2 aromatic heterocycles. The van der Waals surface area contributed by atoms with Crippen molar-refractivity contribution in [1.82, 2.24) is 24.9 Å². The van der Waals surface area contributed by atoms with E-state index >= 15 is 0 Å². The number of likely N-dealkylation sites (tertiary alicyclic amines) is 1. The SMILES string of the molecule is CCOc1cccc(N2CC3CN(C(=O)c4ccccc4-n4nccn4)CC3C2)n1. The second kappa shape index (κ2) is 7.78. The summed E-state index contributed by atoms with van der Waals surface area (Å²) in [6.45, 7) is 5.88. The zero-order valence-corrected chi connectivity index (χ0v) is 16.9. The smallest absolute Gasteiger partial charge is 0.256 e. The van der Waals surface area contributed by atoms with Crippen molar-refractivity contribution in [1.29, 1.82) is 0 Å². The number of carbonyl (C=O) groups excluding carboxylic acids is 1. The Morgan fingerprint density at radius 3 is 2.47 bits per heavy atom. The van der Waals surface area contributed by atoms with Crippen LogP contribution in [0.15, 0.2) is 54.9 Å². The summed E-state index contributed by atoms with van der Waals surface area (Å²) in [4.78, 5) is 23.7. The molecule has 0 bridgehead atoms. The molecule has 8 heteroatoms. The molecule has 2 fully saturated rings. The van der Waals surface area contributed by atoms with E-state index in [1.54, 1.807) is 12.4 Å². The number of rotatable bonds is 5. The van der Waals surface area contributed by atoms with Gasteiger partial charge in [-0.25, -0.2) is 0 Å². The summed E-state index contributed by atoms with van der Waals surface area (Å²) >= 11 is 0. The second-order valence-corrected chi connectivity index (χ2v) is 7.74. The van der Waals surface area contributed by atoms with Gasteiger partial charge in [0, 0.05) is 44.1 Å². The summed E-state index contributed by atoms with van der Waals surface area (Å²) < 4.78 is 5.54. The highest BCUT2D eigenvalue weighted by molar-refractivity contribution is 5.97. The number of carbonyl (C=O) groups is 1. The van der Waals surface area contributed by atoms with Crippen molar-refractivity contribution in [2.24, 2.45) is 11.8 Å². The van der Waals surface area contributed by atoms with Crippen molar-refractivity contribution >= 4 is 11.7 Å². The summed E-state index contributed by atoms with van der Waals surface area (Å²) in [6.07, 6.45) is 3.23. The van der Waals surface area contributed by atoms with Crippen LogP contribution in [0.1, 0.15) is 17.3 Å². The van der Waals surface area contributed by atoms with Crippen molar-refractivity contribution in [3.63, 3.8) is 0 Å². The number of anilines is 1. The average Bonchev–Trinajstić information content (AvgIpc) is 3.50. The molecule has 2 aliphatic rings. The van der Waals surface area contributed by atoms with Crippen LogP contribution in [0.3, 0.4) is 0 Å². The molecule has 5 rings (SSSR count). The van der Waals surface area contributed by atoms with Crippen LogP contribution in [-0.4, -0.2) is 63.6 Å². The predicted molar refractivity (Wildman–Crippen MR) is 112 cm³/mol. The third-order valence-corrected chi connectivity index (χ3v) is 5.87. The maximum Gasteiger partial charge on any atom is 0.256 e. The van der Waals surface area contributed by atoms with E-state index in [0.717, 1.165) is 32.0 Å². The van der Waals surface area contributed by atoms with E-state index < -0.39 is 0 Å². The third-order valence-electron chi connectivity index (χ3n) is 5.87. The van der Waals surface area contributed by atoms with E-state index in [1.165, 1.54) is 4.80 Å². The van der Waals surface area contributed by atoms with Gasteiger partial charge in [0.25, 0.3) is 5.91 Å². The molecule has 0 aliphatic carbocycles. The molecule has 2 saturated heterocycles. The van der Waals surface area contributed by atoms with Gasteiger partial charge in [0.2, 0.25) is 5.88 Å². The van der Waals surface area contributed by atoms with Crippen LogP contribution in [0.4, 0.5) is 5.82 Å². The zero-order valence-electron chi connectivity index (χ0n) is 16.9. The minimum absolute atomic E-state index is 0.0420. The first-order chi connectivity index (χ1) is 14.7. The first kappa shape index (κ1) is 18.6. The highest BCUT2D eigenvalue weighted by Crippen LogP contribution is 2.34. The van der Waals surface area contributed by atoms with Crippen molar-refractivity contribution in [2.45, 2.75) is 6.92 Å². The lowest BCUT2D eigenvalue weighted by Crippen LogP contribution is -2.34. The number of nitrogens with zero attached hydrogens (tertiary/aromatic N) is 6. The standard InChI is InChI=1S/C22H24N6O2/c1-2-30-21-9-5-8-20(25-21)26-12-16-14-27(15-17(16)13-26)22(29)18-6-3-4-7-19(18)28-23-10-11-24-28/h3-11,16-17H,2,12-15H2,1H3. The molecule has 30 heavy (non-hydrogen) atoms. The number of pyridine rings is 1. The van der Waals surface area contributed by atoms with Crippen LogP contribution in [-0.2, 0) is 0 Å². The Bertz CT molecular complexity index is 1020. The average molecular weight is 404 g/mol. The lowest BCUT2D eigenvalue weighted by molar-refractivity contribution is 0.0782. The summed E-state index contributed by atoms with van der Waals surface area (Å²) in [7, 11) is 0. The van der Waals surface area contributed by atoms with Gasteiger partial charge < -0.3 is 14.5 Å². The van der Waals surface area contributed by atoms with Gasteiger partial charge in [-0.05, 0) is 25.1 Å². The number of hydrogen-bond acceptors (Lipinski definition) is 6. The monoisotopic (exact) mass is 404 g/mol. The highest BCUT2D eigenvalue weighted by Gasteiger charge is 2.42. The number of hydrogen-bond donors (Lipinski definition) is 0. The lowest BCUT2D eigenvalue weighted by Gasteiger charge is -2.23. The van der Waals surface area contributed by atoms with Gasteiger partial charge in [0.05, 0.1) is 30.3 Å². The molecule has 154 valence electrons. The molecule has 0 spiro atoms. The van der Waals surface area contributed by atoms with Crippen molar-refractivity contribution in [3.05, 3.63) is 60.4 Å². The number of para-hydroxylation sites is 1. The predicted octanol–water partition coefficient (Wildman–Crippen LogP) is 2.27. The van der Waals surface area contributed by atoms with E-state index in [4.69, 9.17) is 4.74 Å². The molecule has 4 heterocycles. The normalized spacial score (nSPS) is 20.4. The van der Waals surface area contributed by atoms with E-state index in [1.807, 2.05) is 54.3 Å². The fourth-order valence-corrected chi connectivity index (χ4v) is 4.49. The van der Waals surface area contributed by atoms with E-state index in [0.29, 0.717) is 35.6 Å².